The summed E-state index contributed by atoms with van der Waals surface area (Å²) in [4.78, 5) is 21.3. The minimum absolute atomic E-state index is 0.0885. The van der Waals surface area contributed by atoms with Crippen LogP contribution in [0.1, 0.15) is 23.2 Å². The molecule has 0 saturated carbocycles. The zero-order valence-corrected chi connectivity index (χ0v) is 10.5. The lowest BCUT2D eigenvalue weighted by atomic mass is 10.1. The fraction of sp³-hybridized carbons (Fsp3) is 0.417. The predicted octanol–water partition coefficient (Wildman–Crippen LogP) is 1.35. The number of amides is 1. The number of nitro benzene ring substituents is 1. The molecule has 1 aromatic carbocycles. The number of nitro groups is 1. The molecule has 2 rings (SSSR count). The molecule has 1 fully saturated rings. The van der Waals surface area contributed by atoms with Crippen molar-refractivity contribution in [2.75, 3.05) is 13.1 Å². The molecule has 1 amide bonds. The van der Waals surface area contributed by atoms with Gasteiger partial charge in [-0.3, -0.25) is 14.9 Å². The molecule has 0 spiro atoms. The third-order valence-electron chi connectivity index (χ3n) is 3.13. The quantitative estimate of drug-likeness (QED) is 0.646. The van der Waals surface area contributed by atoms with Gasteiger partial charge in [0.1, 0.15) is 5.82 Å². The summed E-state index contributed by atoms with van der Waals surface area (Å²) in [6.45, 7) is 1.11. The van der Waals surface area contributed by atoms with Crippen molar-refractivity contribution in [2.45, 2.75) is 18.9 Å². The number of halogens is 2. The minimum atomic E-state index is -1.33. The maximum Gasteiger partial charge on any atom is 0.308 e. The topological polar surface area (TPSA) is 84.3 Å². The molecule has 1 aromatic rings. The third-order valence-corrected chi connectivity index (χ3v) is 3.13. The number of hydrogen-bond acceptors (Lipinski definition) is 4. The number of carbonyl (C=O) groups is 1. The van der Waals surface area contributed by atoms with Crippen molar-refractivity contribution in [3.8, 4) is 0 Å². The molecule has 0 aliphatic carbocycles. The smallest absolute Gasteiger partial charge is 0.308 e. The van der Waals surface area contributed by atoms with Gasteiger partial charge in [0.15, 0.2) is 0 Å². The lowest BCUT2D eigenvalue weighted by Gasteiger charge is -2.11. The first kappa shape index (κ1) is 14.3. The third kappa shape index (κ3) is 3.08. The molecule has 8 heteroatoms. The molecule has 1 saturated heterocycles. The van der Waals surface area contributed by atoms with Crippen LogP contribution in [0.2, 0.25) is 0 Å². The van der Waals surface area contributed by atoms with Gasteiger partial charge in [-0.2, -0.15) is 4.39 Å². The second-order valence-electron chi connectivity index (χ2n) is 4.55. The summed E-state index contributed by atoms with van der Waals surface area (Å²) in [5.74, 6) is -3.21. The van der Waals surface area contributed by atoms with Gasteiger partial charge in [0.2, 0.25) is 5.82 Å². The molecule has 108 valence electrons. The van der Waals surface area contributed by atoms with E-state index in [1.54, 1.807) is 0 Å². The highest BCUT2D eigenvalue weighted by molar-refractivity contribution is 5.95. The predicted molar refractivity (Wildman–Crippen MR) is 66.4 cm³/mol. The summed E-state index contributed by atoms with van der Waals surface area (Å²) in [5.41, 5.74) is -1.70. The number of rotatable bonds is 4. The molecule has 1 unspecified atom stereocenters. The molecule has 1 atom stereocenters. The van der Waals surface area contributed by atoms with Gasteiger partial charge in [-0.15, -0.1) is 0 Å². The first-order valence-electron chi connectivity index (χ1n) is 6.14. The summed E-state index contributed by atoms with van der Waals surface area (Å²) in [5, 5.41) is 16.1. The number of nitrogens with zero attached hydrogens (tertiary/aromatic N) is 1. The Bertz CT molecular complexity index is 545. The van der Waals surface area contributed by atoms with E-state index >= 15 is 0 Å². The van der Waals surface area contributed by atoms with Gasteiger partial charge in [-0.05, 0) is 25.5 Å². The molecule has 1 aliphatic rings. The van der Waals surface area contributed by atoms with E-state index < -0.39 is 33.7 Å². The van der Waals surface area contributed by atoms with Crippen molar-refractivity contribution in [1.29, 1.82) is 0 Å². The summed E-state index contributed by atoms with van der Waals surface area (Å²) in [6.07, 6.45) is 1.87. The molecule has 2 N–H and O–H groups in total. The first-order chi connectivity index (χ1) is 9.49. The molecule has 20 heavy (non-hydrogen) atoms. The van der Waals surface area contributed by atoms with E-state index in [1.165, 1.54) is 0 Å². The second kappa shape index (κ2) is 5.91. The van der Waals surface area contributed by atoms with E-state index in [-0.39, 0.29) is 12.6 Å². The number of hydrogen-bond donors (Lipinski definition) is 2. The van der Waals surface area contributed by atoms with E-state index in [2.05, 4.69) is 10.6 Å². The molecular weight excluding hydrogens is 272 g/mol. The van der Waals surface area contributed by atoms with Gasteiger partial charge in [0.25, 0.3) is 5.91 Å². The van der Waals surface area contributed by atoms with Crippen LogP contribution in [0.5, 0.6) is 0 Å². The Labute approximate surface area is 113 Å². The largest absolute Gasteiger partial charge is 0.350 e. The Morgan fingerprint density at radius 1 is 1.50 bits per heavy atom. The highest BCUT2D eigenvalue weighted by Crippen LogP contribution is 2.22. The van der Waals surface area contributed by atoms with Gasteiger partial charge >= 0.3 is 5.69 Å². The summed E-state index contributed by atoms with van der Waals surface area (Å²) in [7, 11) is 0. The normalized spacial score (nSPS) is 18.0. The molecule has 6 nitrogen and oxygen atoms in total. The van der Waals surface area contributed by atoms with Crippen molar-refractivity contribution in [2.24, 2.45) is 0 Å². The average Bonchev–Trinajstić information content (AvgIpc) is 2.91. The van der Waals surface area contributed by atoms with Gasteiger partial charge in [-0.1, -0.05) is 0 Å². The monoisotopic (exact) mass is 285 g/mol. The van der Waals surface area contributed by atoms with Gasteiger partial charge in [0.05, 0.1) is 16.6 Å². The SMILES string of the molecule is O=C(NCC1CCCN1)c1cc(F)cc([N+](=O)[O-])c1F. The van der Waals surface area contributed by atoms with Crippen LogP contribution < -0.4 is 10.6 Å². The van der Waals surface area contributed by atoms with Gasteiger partial charge < -0.3 is 10.6 Å². The Balaban J connectivity index is 2.14. The van der Waals surface area contributed by atoms with Crippen LogP contribution in [0.25, 0.3) is 0 Å². The Hall–Kier alpha value is -2.09. The van der Waals surface area contributed by atoms with Crippen molar-refractivity contribution >= 4 is 11.6 Å². The number of benzene rings is 1. The maximum atomic E-state index is 13.8. The molecule has 0 bridgehead atoms. The van der Waals surface area contributed by atoms with Crippen molar-refractivity contribution in [1.82, 2.24) is 10.6 Å². The van der Waals surface area contributed by atoms with Crippen LogP contribution in [-0.4, -0.2) is 30.0 Å². The van der Waals surface area contributed by atoms with E-state index in [0.29, 0.717) is 12.1 Å². The number of carbonyl (C=O) groups excluding carboxylic acids is 1. The van der Waals surface area contributed by atoms with E-state index in [1.807, 2.05) is 0 Å². The van der Waals surface area contributed by atoms with Gasteiger partial charge in [-0.25, -0.2) is 4.39 Å². The molecule has 1 heterocycles. The van der Waals surface area contributed by atoms with Crippen LogP contribution in [-0.2, 0) is 0 Å². The summed E-state index contributed by atoms with van der Waals surface area (Å²) in [6, 6.07) is 1.19. The van der Waals surface area contributed by atoms with Crippen molar-refractivity contribution in [3.05, 3.63) is 39.4 Å². The average molecular weight is 285 g/mol. The van der Waals surface area contributed by atoms with Crippen molar-refractivity contribution < 1.29 is 18.5 Å². The summed E-state index contributed by atoms with van der Waals surface area (Å²) < 4.78 is 27.0. The highest BCUT2D eigenvalue weighted by atomic mass is 19.1. The zero-order valence-electron chi connectivity index (χ0n) is 10.5. The molecule has 0 aromatic heterocycles. The van der Waals surface area contributed by atoms with Gasteiger partial charge in [0, 0.05) is 12.6 Å². The molecular formula is C12H13F2N3O3. The van der Waals surface area contributed by atoms with Crippen LogP contribution in [0.4, 0.5) is 14.5 Å². The van der Waals surface area contributed by atoms with E-state index in [9.17, 15) is 23.7 Å². The van der Waals surface area contributed by atoms with Crippen molar-refractivity contribution in [3.63, 3.8) is 0 Å². The fourth-order valence-electron chi connectivity index (χ4n) is 2.12. The Morgan fingerprint density at radius 2 is 2.25 bits per heavy atom. The van der Waals surface area contributed by atoms with Crippen LogP contribution in [0.3, 0.4) is 0 Å². The zero-order chi connectivity index (χ0) is 14.7. The Kier molecular flexibility index (Phi) is 4.23. The minimum Gasteiger partial charge on any atom is -0.350 e. The summed E-state index contributed by atoms with van der Waals surface area (Å²) >= 11 is 0. The molecule has 1 aliphatic heterocycles. The number of nitrogens with one attached hydrogen (secondary N) is 2. The Morgan fingerprint density at radius 3 is 2.85 bits per heavy atom. The maximum absolute atomic E-state index is 13.8. The fourth-order valence-corrected chi connectivity index (χ4v) is 2.12. The lowest BCUT2D eigenvalue weighted by Crippen LogP contribution is -2.37. The van der Waals surface area contributed by atoms with E-state index in [4.69, 9.17) is 0 Å². The lowest BCUT2D eigenvalue weighted by molar-refractivity contribution is -0.387. The molecule has 0 radical (unpaired) electrons. The second-order valence-corrected chi connectivity index (χ2v) is 4.55. The first-order valence-corrected chi connectivity index (χ1v) is 6.14. The van der Waals surface area contributed by atoms with Crippen LogP contribution in [0.15, 0.2) is 12.1 Å². The van der Waals surface area contributed by atoms with Crippen LogP contribution >= 0.6 is 0 Å². The highest BCUT2D eigenvalue weighted by Gasteiger charge is 2.24. The van der Waals surface area contributed by atoms with Crippen LogP contribution in [0, 0.1) is 21.7 Å². The standard InChI is InChI=1S/C12H13F2N3O3/c13-7-4-9(11(14)10(5-7)17(19)20)12(18)16-6-8-2-1-3-15-8/h4-5,8,15H,1-3,6H2,(H,16,18). The van der Waals surface area contributed by atoms with E-state index in [0.717, 1.165) is 19.4 Å².